The lowest BCUT2D eigenvalue weighted by Gasteiger charge is -2.22. The minimum atomic E-state index is -1.50. The highest BCUT2D eigenvalue weighted by atomic mass is 35.5. The van der Waals surface area contributed by atoms with Crippen LogP contribution in [0.3, 0.4) is 0 Å². The van der Waals surface area contributed by atoms with E-state index < -0.39 is 22.2 Å². The molecule has 0 radical (unpaired) electrons. The highest BCUT2D eigenvalue weighted by molar-refractivity contribution is 6.34. The van der Waals surface area contributed by atoms with E-state index in [1.807, 2.05) is 0 Å². The second-order valence-corrected chi connectivity index (χ2v) is 5.80. The number of aliphatic imine (C=N–C) groups is 1. The number of nitrogens with zero attached hydrogens (tertiary/aromatic N) is 3. The largest absolute Gasteiger partial charge is 0.478 e. The van der Waals surface area contributed by atoms with Gasteiger partial charge in [0.05, 0.1) is 21.2 Å². The maximum atomic E-state index is 13.1. The number of carbonyl (C=O) groups excluding carboxylic acids is 1. The van der Waals surface area contributed by atoms with Gasteiger partial charge in [-0.3, -0.25) is 24.9 Å². The molecule has 0 saturated heterocycles. The fourth-order valence-electron chi connectivity index (χ4n) is 2.54. The summed E-state index contributed by atoms with van der Waals surface area (Å²) in [7, 11) is 0. The number of Topliss-reactive ketones (excluding diaryl/α,β-unsaturated/α-hetero) is 1. The van der Waals surface area contributed by atoms with E-state index in [9.17, 15) is 19.7 Å². The predicted octanol–water partition coefficient (Wildman–Crippen LogP) is 3.06. The third-order valence-corrected chi connectivity index (χ3v) is 4.17. The van der Waals surface area contributed by atoms with Gasteiger partial charge in [0.2, 0.25) is 5.78 Å². The fraction of sp³-hybridized carbons (Fsp3) is 0.0588. The Morgan fingerprint density at radius 3 is 2.50 bits per heavy atom. The van der Waals surface area contributed by atoms with E-state index in [0.29, 0.717) is 0 Å². The Bertz CT molecular complexity index is 970. The van der Waals surface area contributed by atoms with Crippen LogP contribution in [0.15, 0.2) is 53.7 Å². The molecule has 1 aliphatic rings. The van der Waals surface area contributed by atoms with Crippen LogP contribution >= 0.6 is 11.6 Å². The summed E-state index contributed by atoms with van der Waals surface area (Å²) in [6.45, 7) is 0. The van der Waals surface area contributed by atoms with Gasteiger partial charge < -0.3 is 5.11 Å². The van der Waals surface area contributed by atoms with Crippen molar-refractivity contribution >= 4 is 35.3 Å². The highest BCUT2D eigenvalue weighted by Gasteiger charge is 2.41. The predicted molar refractivity (Wildman–Crippen MR) is 92.9 cm³/mol. The van der Waals surface area contributed by atoms with Gasteiger partial charge in [-0.2, -0.15) is 0 Å². The van der Waals surface area contributed by atoms with Crippen molar-refractivity contribution in [2.24, 2.45) is 4.99 Å². The number of non-ortho nitro benzene ring substituents is 1. The van der Waals surface area contributed by atoms with Gasteiger partial charge in [0, 0.05) is 30.1 Å². The molecular formula is C17H10ClN3O5. The number of ketones is 1. The van der Waals surface area contributed by atoms with E-state index in [4.69, 9.17) is 16.7 Å². The Morgan fingerprint density at radius 2 is 2.00 bits per heavy atom. The number of nitro benzene ring substituents is 1. The van der Waals surface area contributed by atoms with E-state index in [-0.39, 0.29) is 27.5 Å². The van der Waals surface area contributed by atoms with Crippen molar-refractivity contribution in [1.82, 2.24) is 4.98 Å². The zero-order valence-corrected chi connectivity index (χ0v) is 13.8. The summed E-state index contributed by atoms with van der Waals surface area (Å²) in [6.07, 6.45) is 5.62. The molecule has 0 amide bonds. The monoisotopic (exact) mass is 371 g/mol. The molecule has 9 heteroatoms. The topological polar surface area (TPSA) is 123 Å². The summed E-state index contributed by atoms with van der Waals surface area (Å²) in [5.41, 5.74) is -1.51. The van der Waals surface area contributed by atoms with Crippen molar-refractivity contribution in [1.29, 1.82) is 0 Å². The molecule has 8 nitrogen and oxygen atoms in total. The number of aromatic carboxylic acids is 1. The van der Waals surface area contributed by atoms with Crippen LogP contribution in [0.2, 0.25) is 5.02 Å². The molecule has 26 heavy (non-hydrogen) atoms. The first kappa shape index (κ1) is 17.4. The quantitative estimate of drug-likeness (QED) is 0.489. The lowest BCUT2D eigenvalue weighted by Crippen LogP contribution is -2.32. The number of hydrogen-bond acceptors (Lipinski definition) is 6. The van der Waals surface area contributed by atoms with E-state index in [0.717, 1.165) is 12.3 Å². The van der Waals surface area contributed by atoms with E-state index in [1.54, 1.807) is 6.08 Å². The Kier molecular flexibility index (Phi) is 4.35. The average Bonchev–Trinajstić information content (AvgIpc) is 3.12. The van der Waals surface area contributed by atoms with Crippen LogP contribution in [0.25, 0.3) is 0 Å². The Hall–Kier alpha value is -3.39. The number of carbonyl (C=O) groups is 2. The van der Waals surface area contributed by atoms with Gasteiger partial charge in [-0.05, 0) is 30.4 Å². The van der Waals surface area contributed by atoms with Crippen molar-refractivity contribution in [2.75, 3.05) is 0 Å². The number of aromatic nitrogens is 1. The van der Waals surface area contributed by atoms with E-state index in [1.165, 1.54) is 36.6 Å². The molecular weight excluding hydrogens is 362 g/mol. The Balaban J connectivity index is 2.07. The summed E-state index contributed by atoms with van der Waals surface area (Å²) in [4.78, 5) is 42.6. The second kappa shape index (κ2) is 6.49. The van der Waals surface area contributed by atoms with Crippen molar-refractivity contribution in [3.63, 3.8) is 0 Å². The third-order valence-electron chi connectivity index (χ3n) is 3.86. The number of hydrogen-bond donors (Lipinski definition) is 1. The third kappa shape index (κ3) is 2.86. The molecule has 2 aromatic rings. The number of allylic oxidation sites excluding steroid dienone is 1. The van der Waals surface area contributed by atoms with Crippen LogP contribution in [0.1, 0.15) is 26.4 Å². The Labute approximate surface area is 151 Å². The van der Waals surface area contributed by atoms with Gasteiger partial charge in [0.25, 0.3) is 5.69 Å². The molecule has 1 aromatic carbocycles. The number of pyridine rings is 1. The summed E-state index contributed by atoms with van der Waals surface area (Å²) in [5, 5.41) is 19.7. The first-order chi connectivity index (χ1) is 12.3. The molecule has 0 saturated carbocycles. The number of carboxylic acid groups (broad SMARTS) is 1. The molecule has 1 N–H and O–H groups in total. The number of benzene rings is 1. The molecule has 0 aliphatic carbocycles. The molecule has 1 atom stereocenters. The maximum absolute atomic E-state index is 13.1. The van der Waals surface area contributed by atoms with Crippen LogP contribution in [0.4, 0.5) is 5.69 Å². The van der Waals surface area contributed by atoms with Crippen LogP contribution in [-0.2, 0) is 5.54 Å². The van der Waals surface area contributed by atoms with E-state index in [2.05, 4.69) is 9.98 Å². The summed E-state index contributed by atoms with van der Waals surface area (Å²) >= 11 is 6.06. The smallest absolute Gasteiger partial charge is 0.337 e. The number of halogens is 1. The molecule has 3 rings (SSSR count). The number of nitro groups is 1. The number of carboxylic acids is 1. The highest BCUT2D eigenvalue weighted by Crippen LogP contribution is 2.35. The van der Waals surface area contributed by atoms with Gasteiger partial charge in [-0.1, -0.05) is 11.6 Å². The van der Waals surface area contributed by atoms with Crippen molar-refractivity contribution in [3.05, 3.63) is 80.6 Å². The fourth-order valence-corrected chi connectivity index (χ4v) is 2.80. The van der Waals surface area contributed by atoms with Crippen LogP contribution in [-0.4, -0.2) is 33.0 Å². The lowest BCUT2D eigenvalue weighted by molar-refractivity contribution is -0.384. The van der Waals surface area contributed by atoms with Crippen LogP contribution in [0, 0.1) is 10.1 Å². The SMILES string of the molecule is O=C(O)c1ccc(C2(C(=O)c3ccc([N+](=O)[O-])cc3Cl)C=CC=N2)nc1. The second-order valence-electron chi connectivity index (χ2n) is 5.39. The molecule has 2 heterocycles. The summed E-state index contributed by atoms with van der Waals surface area (Å²) in [5.74, 6) is -1.67. The van der Waals surface area contributed by atoms with E-state index >= 15 is 0 Å². The standard InChI is InChI=1S/C17H10ClN3O5/c18-13-8-11(21(25)26)3-4-12(13)15(22)17(6-1-7-20-17)14-5-2-10(9-19-14)16(23)24/h1-9H,(H,23,24). The zero-order valence-electron chi connectivity index (χ0n) is 13.0. The first-order valence-corrected chi connectivity index (χ1v) is 7.64. The van der Waals surface area contributed by atoms with Crippen LogP contribution in [0.5, 0.6) is 0 Å². The summed E-state index contributed by atoms with van der Waals surface area (Å²) in [6, 6.07) is 6.24. The zero-order chi connectivity index (χ0) is 18.9. The molecule has 1 aromatic heterocycles. The molecule has 1 unspecified atom stereocenters. The minimum absolute atomic E-state index is 0.0318. The first-order valence-electron chi connectivity index (χ1n) is 7.27. The van der Waals surface area contributed by atoms with Gasteiger partial charge in [-0.15, -0.1) is 0 Å². The van der Waals surface area contributed by atoms with Crippen molar-refractivity contribution in [2.45, 2.75) is 5.54 Å². The van der Waals surface area contributed by atoms with Gasteiger partial charge in [0.15, 0.2) is 5.54 Å². The maximum Gasteiger partial charge on any atom is 0.337 e. The minimum Gasteiger partial charge on any atom is -0.478 e. The number of rotatable bonds is 5. The van der Waals surface area contributed by atoms with Crippen molar-refractivity contribution < 1.29 is 19.6 Å². The Morgan fingerprint density at radius 1 is 1.23 bits per heavy atom. The molecule has 1 aliphatic heterocycles. The van der Waals surface area contributed by atoms with Crippen molar-refractivity contribution in [3.8, 4) is 0 Å². The van der Waals surface area contributed by atoms with Gasteiger partial charge in [-0.25, -0.2) is 4.79 Å². The lowest BCUT2D eigenvalue weighted by atomic mass is 9.86. The normalized spacial score (nSPS) is 18.0. The average molecular weight is 372 g/mol. The van der Waals surface area contributed by atoms with Crippen LogP contribution < -0.4 is 0 Å². The van der Waals surface area contributed by atoms with Gasteiger partial charge >= 0.3 is 5.97 Å². The molecule has 0 spiro atoms. The molecule has 0 bridgehead atoms. The van der Waals surface area contributed by atoms with Gasteiger partial charge in [0.1, 0.15) is 0 Å². The molecule has 130 valence electrons. The summed E-state index contributed by atoms with van der Waals surface area (Å²) < 4.78 is 0. The molecule has 0 fully saturated rings.